The lowest BCUT2D eigenvalue weighted by Gasteiger charge is -2.32. The molecule has 2 N–H and O–H groups in total. The van der Waals surface area contributed by atoms with Gasteiger partial charge >= 0.3 is 5.97 Å². The van der Waals surface area contributed by atoms with Crippen LogP contribution in [0.15, 0.2) is 0 Å². The number of rotatable bonds is 9. The SMILES string of the molecule is CCCCCCCCOC(=O)CC1(N)CCCCC1. The first-order valence-corrected chi connectivity index (χ1v) is 8.11. The van der Waals surface area contributed by atoms with Crippen LogP contribution in [0.3, 0.4) is 0 Å². The maximum Gasteiger partial charge on any atom is 0.307 e. The Morgan fingerprint density at radius 2 is 1.68 bits per heavy atom. The van der Waals surface area contributed by atoms with Crippen LogP contribution in [0.25, 0.3) is 0 Å². The normalized spacial score (nSPS) is 18.2. The van der Waals surface area contributed by atoms with E-state index in [1.807, 2.05) is 0 Å². The molecule has 1 aliphatic carbocycles. The summed E-state index contributed by atoms with van der Waals surface area (Å²) in [6.07, 6.45) is 13.2. The van der Waals surface area contributed by atoms with Gasteiger partial charge in [0.15, 0.2) is 0 Å². The van der Waals surface area contributed by atoms with Crippen LogP contribution in [-0.4, -0.2) is 18.1 Å². The molecule has 1 rings (SSSR count). The van der Waals surface area contributed by atoms with E-state index in [4.69, 9.17) is 10.5 Å². The molecule has 0 bridgehead atoms. The minimum absolute atomic E-state index is 0.0991. The van der Waals surface area contributed by atoms with E-state index in [1.165, 1.54) is 38.5 Å². The maximum absolute atomic E-state index is 11.7. The zero-order valence-electron chi connectivity index (χ0n) is 12.6. The summed E-state index contributed by atoms with van der Waals surface area (Å²) in [4.78, 5) is 11.7. The van der Waals surface area contributed by atoms with Gasteiger partial charge in [0.1, 0.15) is 0 Å². The molecule has 0 spiro atoms. The van der Waals surface area contributed by atoms with Crippen molar-refractivity contribution < 1.29 is 9.53 Å². The first kappa shape index (κ1) is 16.5. The standard InChI is InChI=1S/C16H31NO2/c1-2-3-4-5-6-10-13-19-15(18)14-16(17)11-8-7-9-12-16/h2-14,17H2,1H3. The highest BCUT2D eigenvalue weighted by Gasteiger charge is 2.30. The molecule has 1 aliphatic rings. The number of carbonyl (C=O) groups excluding carboxylic acids is 1. The monoisotopic (exact) mass is 269 g/mol. The zero-order valence-corrected chi connectivity index (χ0v) is 12.6. The fourth-order valence-electron chi connectivity index (χ4n) is 2.84. The van der Waals surface area contributed by atoms with Gasteiger partial charge in [0.25, 0.3) is 0 Å². The molecule has 0 heterocycles. The van der Waals surface area contributed by atoms with Gasteiger partial charge in [-0.25, -0.2) is 0 Å². The van der Waals surface area contributed by atoms with Gasteiger partial charge in [-0.2, -0.15) is 0 Å². The van der Waals surface area contributed by atoms with Crippen molar-refractivity contribution in [2.75, 3.05) is 6.61 Å². The number of hydrogen-bond donors (Lipinski definition) is 1. The second-order valence-corrected chi connectivity index (χ2v) is 6.09. The number of unbranched alkanes of at least 4 members (excludes halogenated alkanes) is 5. The summed E-state index contributed by atoms with van der Waals surface area (Å²) in [7, 11) is 0. The van der Waals surface area contributed by atoms with E-state index < -0.39 is 0 Å². The van der Waals surface area contributed by atoms with Crippen LogP contribution < -0.4 is 5.73 Å². The summed E-state index contributed by atoms with van der Waals surface area (Å²) in [6.45, 7) is 2.79. The summed E-state index contributed by atoms with van der Waals surface area (Å²) >= 11 is 0. The minimum atomic E-state index is -0.281. The Hall–Kier alpha value is -0.570. The average Bonchev–Trinajstić information content (AvgIpc) is 2.38. The Morgan fingerprint density at radius 1 is 1.05 bits per heavy atom. The van der Waals surface area contributed by atoms with Gasteiger partial charge in [-0.05, 0) is 19.3 Å². The number of esters is 1. The van der Waals surface area contributed by atoms with Crippen LogP contribution in [0.5, 0.6) is 0 Å². The molecule has 0 unspecified atom stereocenters. The molecule has 0 atom stereocenters. The Bertz CT molecular complexity index is 247. The van der Waals surface area contributed by atoms with Gasteiger partial charge in [-0.1, -0.05) is 58.3 Å². The maximum atomic E-state index is 11.7. The average molecular weight is 269 g/mol. The third-order valence-corrected chi connectivity index (χ3v) is 4.11. The number of hydrogen-bond acceptors (Lipinski definition) is 3. The second-order valence-electron chi connectivity index (χ2n) is 6.09. The summed E-state index contributed by atoms with van der Waals surface area (Å²) in [5.74, 6) is -0.0991. The van der Waals surface area contributed by atoms with Crippen LogP contribution in [0.4, 0.5) is 0 Å². The molecule has 0 radical (unpaired) electrons. The summed E-state index contributed by atoms with van der Waals surface area (Å²) in [5.41, 5.74) is 5.96. The van der Waals surface area contributed by atoms with Gasteiger partial charge < -0.3 is 10.5 Å². The van der Waals surface area contributed by atoms with Crippen LogP contribution in [0.2, 0.25) is 0 Å². The minimum Gasteiger partial charge on any atom is -0.466 e. The fraction of sp³-hybridized carbons (Fsp3) is 0.938. The first-order chi connectivity index (χ1) is 9.16. The highest BCUT2D eigenvalue weighted by molar-refractivity contribution is 5.70. The summed E-state index contributed by atoms with van der Waals surface area (Å²) in [5, 5.41) is 0. The molecule has 112 valence electrons. The van der Waals surface area contributed by atoms with Crippen molar-refractivity contribution in [3.05, 3.63) is 0 Å². The quantitative estimate of drug-likeness (QED) is 0.509. The van der Waals surface area contributed by atoms with Crippen LogP contribution >= 0.6 is 0 Å². The predicted octanol–water partition coefficient (Wildman–Crippen LogP) is 3.94. The molecular formula is C16H31NO2. The van der Waals surface area contributed by atoms with Crippen molar-refractivity contribution in [3.63, 3.8) is 0 Å². The van der Waals surface area contributed by atoms with Gasteiger partial charge in [-0.3, -0.25) is 4.79 Å². The lowest BCUT2D eigenvalue weighted by molar-refractivity contribution is -0.145. The van der Waals surface area contributed by atoms with Crippen molar-refractivity contribution >= 4 is 5.97 Å². The lowest BCUT2D eigenvalue weighted by Crippen LogP contribution is -2.43. The van der Waals surface area contributed by atoms with E-state index in [0.717, 1.165) is 32.1 Å². The molecule has 19 heavy (non-hydrogen) atoms. The number of ether oxygens (including phenoxy) is 1. The topological polar surface area (TPSA) is 52.3 Å². The second kappa shape index (κ2) is 9.35. The van der Waals surface area contributed by atoms with E-state index in [2.05, 4.69) is 6.92 Å². The molecule has 0 aromatic carbocycles. The lowest BCUT2D eigenvalue weighted by atomic mass is 9.80. The van der Waals surface area contributed by atoms with Crippen molar-refractivity contribution in [3.8, 4) is 0 Å². The van der Waals surface area contributed by atoms with Crippen molar-refractivity contribution in [2.24, 2.45) is 5.73 Å². The zero-order chi connectivity index (χ0) is 14.0. The molecule has 1 fully saturated rings. The molecule has 0 aliphatic heterocycles. The van der Waals surface area contributed by atoms with E-state index in [9.17, 15) is 4.79 Å². The molecule has 0 saturated heterocycles. The molecular weight excluding hydrogens is 238 g/mol. The third kappa shape index (κ3) is 7.56. The highest BCUT2D eigenvalue weighted by Crippen LogP contribution is 2.28. The van der Waals surface area contributed by atoms with E-state index >= 15 is 0 Å². The van der Waals surface area contributed by atoms with E-state index in [-0.39, 0.29) is 11.5 Å². The molecule has 0 aromatic heterocycles. The summed E-state index contributed by atoms with van der Waals surface area (Å²) < 4.78 is 5.30. The van der Waals surface area contributed by atoms with Crippen molar-refractivity contribution in [1.29, 1.82) is 0 Å². The Morgan fingerprint density at radius 3 is 2.37 bits per heavy atom. The van der Waals surface area contributed by atoms with Gasteiger partial charge in [-0.15, -0.1) is 0 Å². The Labute approximate surface area is 118 Å². The Kier molecular flexibility index (Phi) is 8.11. The van der Waals surface area contributed by atoms with Crippen molar-refractivity contribution in [1.82, 2.24) is 0 Å². The van der Waals surface area contributed by atoms with E-state index in [0.29, 0.717) is 13.0 Å². The highest BCUT2D eigenvalue weighted by atomic mass is 16.5. The molecule has 3 heteroatoms. The van der Waals surface area contributed by atoms with E-state index in [1.54, 1.807) is 0 Å². The smallest absolute Gasteiger partial charge is 0.307 e. The molecule has 3 nitrogen and oxygen atoms in total. The number of nitrogens with two attached hydrogens (primary N) is 1. The third-order valence-electron chi connectivity index (χ3n) is 4.11. The first-order valence-electron chi connectivity index (χ1n) is 8.11. The van der Waals surface area contributed by atoms with Crippen LogP contribution in [0.1, 0.15) is 84.0 Å². The van der Waals surface area contributed by atoms with Crippen LogP contribution in [0, 0.1) is 0 Å². The largest absolute Gasteiger partial charge is 0.466 e. The van der Waals surface area contributed by atoms with Gasteiger partial charge in [0.05, 0.1) is 13.0 Å². The van der Waals surface area contributed by atoms with Gasteiger partial charge in [0.2, 0.25) is 0 Å². The predicted molar refractivity (Wildman–Crippen MR) is 79.0 cm³/mol. The molecule has 0 aromatic rings. The fourth-order valence-corrected chi connectivity index (χ4v) is 2.84. The summed E-state index contributed by atoms with van der Waals surface area (Å²) in [6, 6.07) is 0. The molecule has 0 amide bonds. The van der Waals surface area contributed by atoms with Gasteiger partial charge in [0, 0.05) is 5.54 Å². The molecule has 1 saturated carbocycles. The van der Waals surface area contributed by atoms with Crippen molar-refractivity contribution in [2.45, 2.75) is 89.5 Å². The van der Waals surface area contributed by atoms with Crippen LogP contribution in [-0.2, 0) is 9.53 Å². The number of carbonyl (C=O) groups is 1. The Balaban J connectivity index is 2.01.